The lowest BCUT2D eigenvalue weighted by atomic mass is 10.2. The van der Waals surface area contributed by atoms with Gasteiger partial charge in [0.25, 0.3) is 5.91 Å². The standard InChI is InChI=1S/C25H17Cl2NO5S/c1-2-32-25(31)21-22(29)20(34-24(21)28-23(30)14-6-4-3-5-7-14)13-16-9-11-19(33-16)15-8-10-17(26)18(27)12-15/h3-13,29H,2H2,1H3/b20-13+,28-24?. The Hall–Kier alpha value is -3.26. The molecule has 1 aliphatic heterocycles. The molecule has 6 nitrogen and oxygen atoms in total. The third-order valence-electron chi connectivity index (χ3n) is 4.70. The lowest BCUT2D eigenvalue weighted by Gasteiger charge is -2.03. The van der Waals surface area contributed by atoms with Gasteiger partial charge in [-0.3, -0.25) is 4.79 Å². The zero-order valence-electron chi connectivity index (χ0n) is 17.7. The molecule has 1 amide bonds. The fourth-order valence-corrected chi connectivity index (χ4v) is 4.38. The molecular weight excluding hydrogens is 497 g/mol. The highest BCUT2D eigenvalue weighted by Gasteiger charge is 2.34. The number of hydrogen-bond acceptors (Lipinski definition) is 6. The molecule has 3 aromatic rings. The van der Waals surface area contributed by atoms with Crippen LogP contribution >= 0.6 is 35.0 Å². The molecule has 1 aliphatic rings. The van der Waals surface area contributed by atoms with Crippen molar-refractivity contribution >= 4 is 58.0 Å². The Morgan fingerprint density at radius 1 is 1.09 bits per heavy atom. The first-order chi connectivity index (χ1) is 16.4. The van der Waals surface area contributed by atoms with E-state index in [1.807, 2.05) is 0 Å². The molecule has 1 aromatic heterocycles. The van der Waals surface area contributed by atoms with Gasteiger partial charge in [-0.2, -0.15) is 0 Å². The van der Waals surface area contributed by atoms with Gasteiger partial charge in [-0.05, 0) is 55.5 Å². The smallest absolute Gasteiger partial charge is 0.344 e. The Kier molecular flexibility index (Phi) is 7.26. The molecule has 9 heteroatoms. The highest BCUT2D eigenvalue weighted by Crippen LogP contribution is 2.40. The number of esters is 1. The molecule has 0 saturated heterocycles. The van der Waals surface area contributed by atoms with Gasteiger partial charge in [-0.15, -0.1) is 0 Å². The molecule has 1 N–H and O–H groups in total. The Bertz CT molecular complexity index is 1360. The normalized spacial score (nSPS) is 15.9. The average Bonchev–Trinajstić information content (AvgIpc) is 3.41. The monoisotopic (exact) mass is 513 g/mol. The minimum atomic E-state index is -0.772. The molecule has 0 unspecified atom stereocenters. The molecule has 172 valence electrons. The molecule has 0 aliphatic carbocycles. The van der Waals surface area contributed by atoms with E-state index in [0.29, 0.717) is 27.1 Å². The number of aliphatic hydroxyl groups is 1. The Labute approximate surface area is 209 Å². The molecule has 0 radical (unpaired) electrons. The largest absolute Gasteiger partial charge is 0.506 e. The van der Waals surface area contributed by atoms with E-state index in [2.05, 4.69) is 4.99 Å². The van der Waals surface area contributed by atoms with Crippen molar-refractivity contribution in [3.8, 4) is 11.3 Å². The minimum absolute atomic E-state index is 0.0484. The lowest BCUT2D eigenvalue weighted by molar-refractivity contribution is -0.138. The number of ether oxygens (including phenoxy) is 1. The number of carbonyl (C=O) groups is 2. The van der Waals surface area contributed by atoms with Gasteiger partial charge in [0, 0.05) is 11.1 Å². The van der Waals surface area contributed by atoms with Gasteiger partial charge in [0.1, 0.15) is 27.9 Å². The predicted octanol–water partition coefficient (Wildman–Crippen LogP) is 6.96. The number of furan rings is 1. The Morgan fingerprint density at radius 2 is 1.85 bits per heavy atom. The van der Waals surface area contributed by atoms with Crippen molar-refractivity contribution in [2.45, 2.75) is 6.92 Å². The molecule has 2 aromatic carbocycles. The molecule has 2 heterocycles. The summed E-state index contributed by atoms with van der Waals surface area (Å²) in [5.74, 6) is -0.703. The third-order valence-corrected chi connectivity index (χ3v) is 6.46. The number of aliphatic imine (C=N–C) groups is 1. The van der Waals surface area contributed by atoms with Crippen molar-refractivity contribution in [2.24, 2.45) is 4.99 Å². The second-order valence-electron chi connectivity index (χ2n) is 6.97. The van der Waals surface area contributed by atoms with Crippen molar-refractivity contribution in [3.63, 3.8) is 0 Å². The van der Waals surface area contributed by atoms with Crippen LogP contribution in [0, 0.1) is 0 Å². The van der Waals surface area contributed by atoms with Crippen molar-refractivity contribution in [3.05, 3.63) is 98.3 Å². The highest BCUT2D eigenvalue weighted by atomic mass is 35.5. The van der Waals surface area contributed by atoms with Gasteiger partial charge in [-0.1, -0.05) is 53.2 Å². The van der Waals surface area contributed by atoms with Gasteiger partial charge in [-0.25, -0.2) is 9.79 Å². The predicted molar refractivity (Wildman–Crippen MR) is 134 cm³/mol. The first-order valence-electron chi connectivity index (χ1n) is 10.1. The summed E-state index contributed by atoms with van der Waals surface area (Å²) < 4.78 is 10.9. The minimum Gasteiger partial charge on any atom is -0.506 e. The maximum absolute atomic E-state index is 12.6. The lowest BCUT2D eigenvalue weighted by Crippen LogP contribution is -2.14. The molecule has 0 bridgehead atoms. The molecule has 0 atom stereocenters. The summed E-state index contributed by atoms with van der Waals surface area (Å²) >= 11 is 13.0. The number of thioether (sulfide) groups is 1. The third kappa shape index (κ3) is 5.12. The summed E-state index contributed by atoms with van der Waals surface area (Å²) in [6.45, 7) is 1.75. The molecular formula is C25H17Cl2NO5S. The molecule has 0 spiro atoms. The quantitative estimate of drug-likeness (QED) is 0.371. The number of carbonyl (C=O) groups excluding carboxylic acids is 2. The maximum Gasteiger partial charge on any atom is 0.344 e. The van der Waals surface area contributed by atoms with Crippen LogP contribution in [0.25, 0.3) is 17.4 Å². The number of rotatable bonds is 5. The summed E-state index contributed by atoms with van der Waals surface area (Å²) in [5, 5.41) is 11.6. The van der Waals surface area contributed by atoms with E-state index >= 15 is 0 Å². The number of halogens is 2. The second-order valence-corrected chi connectivity index (χ2v) is 8.82. The fourth-order valence-electron chi connectivity index (χ4n) is 3.09. The number of nitrogens with zero attached hydrogens (tertiary/aromatic N) is 1. The second kappa shape index (κ2) is 10.3. The van der Waals surface area contributed by atoms with Crippen molar-refractivity contribution in [2.75, 3.05) is 6.61 Å². The Balaban J connectivity index is 1.68. The van der Waals surface area contributed by atoms with Crippen LogP contribution in [0.2, 0.25) is 10.0 Å². The summed E-state index contributed by atoms with van der Waals surface area (Å²) in [6, 6.07) is 17.0. The van der Waals surface area contributed by atoms with E-state index in [-0.39, 0.29) is 27.9 Å². The molecule has 4 rings (SSSR count). The number of aliphatic hydroxyl groups excluding tert-OH is 1. The maximum atomic E-state index is 12.6. The van der Waals surface area contributed by atoms with Gasteiger partial charge in [0.15, 0.2) is 0 Å². The molecule has 0 saturated carbocycles. The van der Waals surface area contributed by atoms with E-state index in [1.54, 1.807) is 73.7 Å². The number of amides is 1. The topological polar surface area (TPSA) is 89.1 Å². The summed E-state index contributed by atoms with van der Waals surface area (Å²) in [5.41, 5.74) is 0.910. The van der Waals surface area contributed by atoms with Crippen LogP contribution in [0.3, 0.4) is 0 Å². The van der Waals surface area contributed by atoms with Crippen LogP contribution in [-0.4, -0.2) is 28.6 Å². The molecule has 0 fully saturated rings. The van der Waals surface area contributed by atoms with Crippen LogP contribution < -0.4 is 0 Å². The van der Waals surface area contributed by atoms with E-state index < -0.39 is 11.9 Å². The van der Waals surface area contributed by atoms with Gasteiger partial charge in [0.2, 0.25) is 0 Å². The summed E-state index contributed by atoms with van der Waals surface area (Å²) in [4.78, 5) is 29.5. The summed E-state index contributed by atoms with van der Waals surface area (Å²) in [7, 11) is 0. The van der Waals surface area contributed by atoms with Crippen LogP contribution in [0.1, 0.15) is 23.0 Å². The van der Waals surface area contributed by atoms with Crippen molar-refractivity contribution in [1.29, 1.82) is 0 Å². The SMILES string of the molecule is CCOC(=O)C1=C(O)/C(=C\c2ccc(-c3ccc(Cl)c(Cl)c3)o2)SC1=NC(=O)c1ccccc1. The van der Waals surface area contributed by atoms with Gasteiger partial charge < -0.3 is 14.3 Å². The van der Waals surface area contributed by atoms with Crippen LogP contribution in [0.5, 0.6) is 0 Å². The highest BCUT2D eigenvalue weighted by molar-refractivity contribution is 8.18. The first kappa shape index (κ1) is 23.9. The van der Waals surface area contributed by atoms with Crippen LogP contribution in [-0.2, 0) is 9.53 Å². The van der Waals surface area contributed by atoms with E-state index in [9.17, 15) is 14.7 Å². The van der Waals surface area contributed by atoms with Crippen LogP contribution in [0.15, 0.2) is 86.3 Å². The average molecular weight is 514 g/mol. The zero-order valence-corrected chi connectivity index (χ0v) is 20.1. The molecule has 34 heavy (non-hydrogen) atoms. The summed E-state index contributed by atoms with van der Waals surface area (Å²) in [6.07, 6.45) is 1.55. The Morgan fingerprint density at radius 3 is 2.56 bits per heavy atom. The first-order valence-corrected chi connectivity index (χ1v) is 11.7. The van der Waals surface area contributed by atoms with Crippen molar-refractivity contribution < 1.29 is 23.8 Å². The van der Waals surface area contributed by atoms with E-state index in [1.165, 1.54) is 0 Å². The van der Waals surface area contributed by atoms with E-state index in [4.69, 9.17) is 32.4 Å². The van der Waals surface area contributed by atoms with Crippen LogP contribution in [0.4, 0.5) is 0 Å². The fraction of sp³-hybridized carbons (Fsp3) is 0.0800. The van der Waals surface area contributed by atoms with Gasteiger partial charge >= 0.3 is 5.97 Å². The van der Waals surface area contributed by atoms with Crippen molar-refractivity contribution in [1.82, 2.24) is 0 Å². The van der Waals surface area contributed by atoms with E-state index in [0.717, 1.165) is 17.3 Å². The number of hydrogen-bond donors (Lipinski definition) is 1. The number of benzene rings is 2. The van der Waals surface area contributed by atoms with Gasteiger partial charge in [0.05, 0.1) is 21.6 Å². The zero-order chi connectivity index (χ0) is 24.2.